The van der Waals surface area contributed by atoms with Crippen molar-refractivity contribution in [2.24, 2.45) is 5.92 Å². The molecule has 1 saturated heterocycles. The molecule has 0 bridgehead atoms. The van der Waals surface area contributed by atoms with Gasteiger partial charge in [-0.05, 0) is 22.0 Å². The molecular formula is C9H11BrN2O4. The zero-order valence-electron chi connectivity index (χ0n) is 8.34. The summed E-state index contributed by atoms with van der Waals surface area (Å²) in [7, 11) is 0. The summed E-state index contributed by atoms with van der Waals surface area (Å²) >= 11 is 3.30. The van der Waals surface area contributed by atoms with Gasteiger partial charge in [0.2, 0.25) is 0 Å². The van der Waals surface area contributed by atoms with Crippen LogP contribution in [0.1, 0.15) is 0 Å². The molecule has 7 heteroatoms. The van der Waals surface area contributed by atoms with E-state index in [1.165, 1.54) is 4.90 Å². The molecule has 0 aliphatic carbocycles. The van der Waals surface area contributed by atoms with Gasteiger partial charge in [0.05, 0.1) is 16.6 Å². The number of carboxylic acids is 1. The van der Waals surface area contributed by atoms with Gasteiger partial charge in [0.15, 0.2) is 0 Å². The third-order valence-electron chi connectivity index (χ3n) is 2.98. The van der Waals surface area contributed by atoms with E-state index in [4.69, 9.17) is 10.2 Å². The van der Waals surface area contributed by atoms with Crippen LogP contribution in [0.15, 0.2) is 10.7 Å². The highest BCUT2D eigenvalue weighted by atomic mass is 79.9. The van der Waals surface area contributed by atoms with Crippen LogP contribution >= 0.6 is 15.9 Å². The summed E-state index contributed by atoms with van der Waals surface area (Å²) in [6.07, 6.45) is 0.630. The highest BCUT2D eigenvalue weighted by molar-refractivity contribution is 9.11. The molecule has 2 atom stereocenters. The summed E-state index contributed by atoms with van der Waals surface area (Å²) in [4.78, 5) is 25.0. The number of halogens is 1. The number of hydrogen-bond donors (Lipinski definition) is 2. The summed E-state index contributed by atoms with van der Waals surface area (Å²) in [5.41, 5.74) is 0. The number of nitrogens with zero attached hydrogens (tertiary/aromatic N) is 2. The highest BCUT2D eigenvalue weighted by Gasteiger charge is 2.42. The van der Waals surface area contributed by atoms with Gasteiger partial charge in [-0.1, -0.05) is 0 Å². The van der Waals surface area contributed by atoms with Crippen molar-refractivity contribution in [2.75, 3.05) is 19.6 Å². The molecule has 0 aromatic heterocycles. The van der Waals surface area contributed by atoms with Gasteiger partial charge in [-0.2, -0.15) is 0 Å². The Kier molecular flexibility index (Phi) is 2.79. The Hall–Kier alpha value is -1.24. The third kappa shape index (κ3) is 1.75. The van der Waals surface area contributed by atoms with Gasteiger partial charge in [0, 0.05) is 19.6 Å². The van der Waals surface area contributed by atoms with Gasteiger partial charge in [-0.25, -0.2) is 4.79 Å². The Morgan fingerprint density at radius 3 is 2.62 bits per heavy atom. The molecule has 1 amide bonds. The van der Waals surface area contributed by atoms with Gasteiger partial charge in [0.1, 0.15) is 0 Å². The van der Waals surface area contributed by atoms with E-state index < -0.39 is 18.0 Å². The van der Waals surface area contributed by atoms with Gasteiger partial charge < -0.3 is 20.0 Å². The SMILES string of the molecule is O=C(O)C1C=C(Br)N2CCN(C(=O)O)CC12. The van der Waals surface area contributed by atoms with Crippen LogP contribution in [0, 0.1) is 5.92 Å². The molecule has 0 aromatic carbocycles. The molecule has 2 aliphatic heterocycles. The highest BCUT2D eigenvalue weighted by Crippen LogP contribution is 2.33. The van der Waals surface area contributed by atoms with Crippen molar-refractivity contribution in [1.29, 1.82) is 0 Å². The quantitative estimate of drug-likeness (QED) is 0.691. The molecule has 0 saturated carbocycles. The monoisotopic (exact) mass is 290 g/mol. The minimum atomic E-state index is -0.994. The van der Waals surface area contributed by atoms with Crippen LogP contribution in [0.25, 0.3) is 0 Å². The maximum atomic E-state index is 11.0. The molecule has 88 valence electrons. The van der Waals surface area contributed by atoms with Crippen molar-refractivity contribution in [3.8, 4) is 0 Å². The van der Waals surface area contributed by atoms with E-state index in [2.05, 4.69) is 15.9 Å². The van der Waals surface area contributed by atoms with Crippen LogP contribution in [-0.4, -0.2) is 57.8 Å². The number of amides is 1. The first-order valence-corrected chi connectivity index (χ1v) is 5.64. The summed E-state index contributed by atoms with van der Waals surface area (Å²) in [6.45, 7) is 1.16. The second-order valence-electron chi connectivity index (χ2n) is 3.84. The lowest BCUT2D eigenvalue weighted by atomic mass is 10.0. The van der Waals surface area contributed by atoms with Crippen molar-refractivity contribution in [3.05, 3.63) is 10.7 Å². The van der Waals surface area contributed by atoms with Gasteiger partial charge in [-0.15, -0.1) is 0 Å². The molecule has 1 fully saturated rings. The number of aliphatic carboxylic acids is 1. The van der Waals surface area contributed by atoms with E-state index in [-0.39, 0.29) is 12.6 Å². The van der Waals surface area contributed by atoms with Crippen molar-refractivity contribution in [3.63, 3.8) is 0 Å². The first kappa shape index (κ1) is 11.3. The lowest BCUT2D eigenvalue weighted by Crippen LogP contribution is -2.54. The Labute approximate surface area is 100 Å². The standard InChI is InChI=1S/C9H11BrN2O4/c10-7-3-5(8(13)14)6-4-11(9(15)16)1-2-12(6)7/h3,5-6H,1-2,4H2,(H,13,14)(H,15,16). The fourth-order valence-electron chi connectivity index (χ4n) is 2.15. The topological polar surface area (TPSA) is 81.1 Å². The van der Waals surface area contributed by atoms with E-state index in [1.807, 2.05) is 4.90 Å². The molecule has 2 N–H and O–H groups in total. The summed E-state index contributed by atoms with van der Waals surface area (Å²) in [5.74, 6) is -1.56. The van der Waals surface area contributed by atoms with Crippen LogP contribution < -0.4 is 0 Å². The fourth-order valence-corrected chi connectivity index (χ4v) is 2.87. The lowest BCUT2D eigenvalue weighted by Gasteiger charge is -2.39. The van der Waals surface area contributed by atoms with E-state index in [1.54, 1.807) is 6.08 Å². The molecular weight excluding hydrogens is 280 g/mol. The van der Waals surface area contributed by atoms with Gasteiger partial charge in [0.25, 0.3) is 0 Å². The molecule has 2 aliphatic rings. The minimum absolute atomic E-state index is 0.234. The molecule has 2 heterocycles. The smallest absolute Gasteiger partial charge is 0.407 e. The summed E-state index contributed by atoms with van der Waals surface area (Å²) in [5, 5.41) is 17.9. The van der Waals surface area contributed by atoms with Crippen LogP contribution in [0.2, 0.25) is 0 Å². The lowest BCUT2D eigenvalue weighted by molar-refractivity contribution is -0.141. The predicted molar refractivity (Wildman–Crippen MR) is 58.2 cm³/mol. The predicted octanol–water partition coefficient (Wildman–Crippen LogP) is 0.601. The summed E-state index contributed by atoms with van der Waals surface area (Å²) in [6, 6.07) is -0.295. The number of hydrogen-bond acceptors (Lipinski definition) is 3. The molecule has 0 radical (unpaired) electrons. The fraction of sp³-hybridized carbons (Fsp3) is 0.556. The van der Waals surface area contributed by atoms with Crippen molar-refractivity contribution >= 4 is 28.0 Å². The summed E-state index contributed by atoms with van der Waals surface area (Å²) < 4.78 is 0.745. The van der Waals surface area contributed by atoms with Gasteiger partial charge >= 0.3 is 12.1 Å². The normalized spacial score (nSPS) is 28.7. The van der Waals surface area contributed by atoms with Crippen LogP contribution in [0.4, 0.5) is 4.79 Å². The third-order valence-corrected chi connectivity index (χ3v) is 3.70. The average molecular weight is 291 g/mol. The first-order chi connectivity index (χ1) is 7.50. The second kappa shape index (κ2) is 3.97. The molecule has 2 unspecified atom stereocenters. The van der Waals surface area contributed by atoms with E-state index in [9.17, 15) is 9.59 Å². The van der Waals surface area contributed by atoms with Crippen molar-refractivity contribution in [1.82, 2.24) is 9.80 Å². The zero-order valence-corrected chi connectivity index (χ0v) is 9.92. The number of carboxylic acid groups (broad SMARTS) is 2. The zero-order chi connectivity index (χ0) is 11.9. The maximum absolute atomic E-state index is 11.0. The Morgan fingerprint density at radius 2 is 2.06 bits per heavy atom. The Morgan fingerprint density at radius 1 is 1.38 bits per heavy atom. The minimum Gasteiger partial charge on any atom is -0.481 e. The maximum Gasteiger partial charge on any atom is 0.407 e. The number of carbonyl (C=O) groups is 2. The largest absolute Gasteiger partial charge is 0.481 e. The first-order valence-electron chi connectivity index (χ1n) is 4.85. The number of piperazine rings is 1. The Balaban J connectivity index is 2.17. The van der Waals surface area contributed by atoms with Crippen LogP contribution in [-0.2, 0) is 4.79 Å². The molecule has 0 spiro atoms. The molecule has 2 rings (SSSR count). The van der Waals surface area contributed by atoms with E-state index in [0.29, 0.717) is 13.1 Å². The van der Waals surface area contributed by atoms with Crippen molar-refractivity contribution in [2.45, 2.75) is 6.04 Å². The molecule has 0 aromatic rings. The second-order valence-corrected chi connectivity index (χ2v) is 4.66. The van der Waals surface area contributed by atoms with E-state index >= 15 is 0 Å². The van der Waals surface area contributed by atoms with Crippen LogP contribution in [0.5, 0.6) is 0 Å². The van der Waals surface area contributed by atoms with E-state index in [0.717, 1.165) is 4.61 Å². The molecule has 16 heavy (non-hydrogen) atoms. The number of rotatable bonds is 1. The number of fused-ring (bicyclic) bond motifs is 1. The van der Waals surface area contributed by atoms with Crippen LogP contribution in [0.3, 0.4) is 0 Å². The Bertz CT molecular complexity index is 371. The van der Waals surface area contributed by atoms with Crippen molar-refractivity contribution < 1.29 is 19.8 Å². The average Bonchev–Trinajstić information content (AvgIpc) is 2.56. The van der Waals surface area contributed by atoms with Gasteiger partial charge in [-0.3, -0.25) is 4.79 Å². The molecule has 6 nitrogen and oxygen atoms in total.